The Morgan fingerprint density at radius 1 is 0.387 bits per heavy atom. The molecule has 0 amide bonds. The molecule has 0 radical (unpaired) electrons. The second-order valence-corrected chi connectivity index (χ2v) is 14.9. The maximum absolute atomic E-state index is 10.2. The number of rotatable bonds is 9. The van der Waals surface area contributed by atoms with Gasteiger partial charge >= 0.3 is 0 Å². The van der Waals surface area contributed by atoms with E-state index in [2.05, 4.69) is 78.9 Å². The second-order valence-electron chi connectivity index (χ2n) is 14.9. The molecule has 0 spiro atoms. The first-order valence-electron chi connectivity index (χ1n) is 20.5. The van der Waals surface area contributed by atoms with Gasteiger partial charge in [-0.3, -0.25) is 0 Å². The lowest BCUT2D eigenvalue weighted by atomic mass is 9.84. The molecule has 2 aromatic heterocycles. The summed E-state index contributed by atoms with van der Waals surface area (Å²) in [5, 5.41) is 10.2. The Hall–Kier alpha value is -8.47. The molecule has 1 atom stereocenters. The van der Waals surface area contributed by atoms with E-state index in [0.717, 1.165) is 73.4 Å². The third kappa shape index (κ3) is 7.61. The Morgan fingerprint density at radius 3 is 1.32 bits per heavy atom. The molecule has 0 aliphatic heterocycles. The number of allylic oxidation sites excluding steroid dienone is 4. The summed E-state index contributed by atoms with van der Waals surface area (Å²) in [5.41, 5.74) is 10.6. The number of aromatic nitrogens is 6. The molecule has 2 heterocycles. The van der Waals surface area contributed by atoms with Gasteiger partial charge in [-0.05, 0) is 51.9 Å². The molecule has 1 unspecified atom stereocenters. The third-order valence-electron chi connectivity index (χ3n) is 11.0. The molecule has 1 aliphatic carbocycles. The maximum Gasteiger partial charge on any atom is 0.164 e. The van der Waals surface area contributed by atoms with Crippen LogP contribution in [-0.4, -0.2) is 29.9 Å². The van der Waals surface area contributed by atoms with Crippen LogP contribution in [0.5, 0.6) is 0 Å². The first-order chi connectivity index (χ1) is 30.7. The zero-order valence-electron chi connectivity index (χ0n) is 33.5. The molecule has 0 bridgehead atoms. The van der Waals surface area contributed by atoms with Crippen molar-refractivity contribution in [3.63, 3.8) is 0 Å². The van der Waals surface area contributed by atoms with E-state index < -0.39 is 0 Å². The van der Waals surface area contributed by atoms with Crippen LogP contribution < -0.4 is 0 Å². The Labute approximate surface area is 360 Å². The van der Waals surface area contributed by atoms with Crippen molar-refractivity contribution in [1.29, 1.82) is 5.26 Å². The van der Waals surface area contributed by atoms with E-state index >= 15 is 0 Å². The van der Waals surface area contributed by atoms with Crippen LogP contribution in [0.1, 0.15) is 23.7 Å². The quantitative estimate of drug-likeness (QED) is 0.143. The summed E-state index contributed by atoms with van der Waals surface area (Å²) < 4.78 is 0. The van der Waals surface area contributed by atoms with Crippen LogP contribution in [0.2, 0.25) is 0 Å². The number of hydrogen-bond donors (Lipinski definition) is 0. The highest BCUT2D eigenvalue weighted by molar-refractivity contribution is 6.00. The van der Waals surface area contributed by atoms with E-state index in [1.807, 2.05) is 133 Å². The molecule has 7 nitrogen and oxygen atoms in total. The minimum Gasteiger partial charge on any atom is -0.212 e. The molecule has 0 N–H and O–H groups in total. The van der Waals surface area contributed by atoms with E-state index in [-0.39, 0.29) is 5.92 Å². The highest BCUT2D eigenvalue weighted by Crippen LogP contribution is 2.45. The molecule has 7 heteroatoms. The van der Waals surface area contributed by atoms with E-state index in [9.17, 15) is 5.26 Å². The van der Waals surface area contributed by atoms with Crippen molar-refractivity contribution in [2.24, 2.45) is 0 Å². The van der Waals surface area contributed by atoms with Gasteiger partial charge in [-0.15, -0.1) is 0 Å². The third-order valence-corrected chi connectivity index (χ3v) is 11.0. The lowest BCUT2D eigenvalue weighted by Crippen LogP contribution is -2.08. The fourth-order valence-electron chi connectivity index (χ4n) is 7.98. The minimum absolute atomic E-state index is 0.0145. The van der Waals surface area contributed by atoms with Crippen LogP contribution in [-0.2, 0) is 0 Å². The summed E-state index contributed by atoms with van der Waals surface area (Å²) in [7, 11) is 0. The zero-order valence-corrected chi connectivity index (χ0v) is 33.5. The maximum atomic E-state index is 10.2. The molecule has 1 aliphatic rings. The Balaban J connectivity index is 1.20. The van der Waals surface area contributed by atoms with E-state index in [0.29, 0.717) is 34.7 Å². The van der Waals surface area contributed by atoms with E-state index in [4.69, 9.17) is 29.9 Å². The number of nitrogens with zero attached hydrogens (tertiary/aromatic N) is 7. The van der Waals surface area contributed by atoms with E-state index in [1.165, 1.54) is 0 Å². The molecule has 7 aromatic carbocycles. The van der Waals surface area contributed by atoms with Crippen molar-refractivity contribution in [1.82, 2.24) is 29.9 Å². The highest BCUT2D eigenvalue weighted by Gasteiger charge is 2.23. The van der Waals surface area contributed by atoms with E-state index in [1.54, 1.807) is 0 Å². The van der Waals surface area contributed by atoms with Crippen LogP contribution in [0, 0.1) is 11.3 Å². The molecule has 0 fully saturated rings. The predicted octanol–water partition coefficient (Wildman–Crippen LogP) is 12.9. The Morgan fingerprint density at radius 2 is 0.806 bits per heavy atom. The van der Waals surface area contributed by atoms with Gasteiger partial charge in [0.15, 0.2) is 29.1 Å². The average Bonchev–Trinajstić information content (AvgIpc) is 3.37. The number of hydrogen-bond acceptors (Lipinski definition) is 7. The molecular weight excluding hydrogens is 759 g/mol. The smallest absolute Gasteiger partial charge is 0.164 e. The summed E-state index contributed by atoms with van der Waals surface area (Å²) in [4.78, 5) is 30.6. The van der Waals surface area contributed by atoms with Crippen molar-refractivity contribution in [2.75, 3.05) is 0 Å². The average molecular weight is 796 g/mol. The van der Waals surface area contributed by atoms with Crippen molar-refractivity contribution in [3.05, 3.63) is 218 Å². The largest absolute Gasteiger partial charge is 0.212 e. The Kier molecular flexibility index (Phi) is 10.4. The van der Waals surface area contributed by atoms with Crippen LogP contribution >= 0.6 is 0 Å². The van der Waals surface area contributed by atoms with Gasteiger partial charge in [0.1, 0.15) is 5.82 Å². The van der Waals surface area contributed by atoms with Crippen molar-refractivity contribution >= 4 is 0 Å². The van der Waals surface area contributed by atoms with Gasteiger partial charge in [0.2, 0.25) is 0 Å². The highest BCUT2D eigenvalue weighted by atomic mass is 15.0. The molecular formula is C55H37N7. The number of benzene rings is 7. The summed E-state index contributed by atoms with van der Waals surface area (Å²) in [5.74, 6) is 3.66. The second kappa shape index (κ2) is 17.0. The molecule has 0 saturated carbocycles. The van der Waals surface area contributed by atoms with Crippen LogP contribution in [0.3, 0.4) is 0 Å². The SMILES string of the molecule is N#Cc1cccc(-c2c(-c3ccccc3-c3nc(-c4ccccc4)nc(-c4ccccc4)n3)cccc2-c2ccccc2-c2nc(-c3ccccc3)nc(C3C=CC=CC3)n2)c1. The summed E-state index contributed by atoms with van der Waals surface area (Å²) in [6.07, 6.45) is 9.22. The monoisotopic (exact) mass is 795 g/mol. The standard InChI is InChI=1S/C55H37N7/c56-36-37-19-17-28-42(35-37)49-45(43-29-13-15-31-47(43)54-59-50(38-20-5-1-6-21-38)57-51(60-54)39-22-7-2-8-23-39)33-18-34-46(49)44-30-14-16-32-48(44)55-61-52(40-24-9-3-10-25-40)58-53(62-55)41-26-11-4-12-27-41/h1-26,28-35,41H,27H2. The van der Waals surface area contributed by atoms with Gasteiger partial charge in [0.05, 0.1) is 11.6 Å². The van der Waals surface area contributed by atoms with Gasteiger partial charge in [0.25, 0.3) is 0 Å². The lowest BCUT2D eigenvalue weighted by Gasteiger charge is -2.20. The van der Waals surface area contributed by atoms with Crippen molar-refractivity contribution < 1.29 is 0 Å². The van der Waals surface area contributed by atoms with Crippen molar-refractivity contribution in [2.45, 2.75) is 12.3 Å². The molecule has 10 rings (SSSR count). The fraction of sp³-hybridized carbons (Fsp3) is 0.0364. The van der Waals surface area contributed by atoms with Gasteiger partial charge in [0, 0.05) is 33.7 Å². The van der Waals surface area contributed by atoms with Crippen LogP contribution in [0.4, 0.5) is 0 Å². The van der Waals surface area contributed by atoms with Crippen molar-refractivity contribution in [3.8, 4) is 96.4 Å². The fourth-order valence-corrected chi connectivity index (χ4v) is 7.98. The van der Waals surface area contributed by atoms with Crippen LogP contribution in [0.15, 0.2) is 206 Å². The molecule has 292 valence electrons. The predicted molar refractivity (Wildman–Crippen MR) is 247 cm³/mol. The molecule has 9 aromatic rings. The summed E-state index contributed by atoms with van der Waals surface area (Å²) >= 11 is 0. The zero-order chi connectivity index (χ0) is 41.7. The number of nitriles is 1. The molecule has 62 heavy (non-hydrogen) atoms. The molecule has 0 saturated heterocycles. The van der Waals surface area contributed by atoms with Gasteiger partial charge in [-0.2, -0.15) is 5.26 Å². The van der Waals surface area contributed by atoms with Crippen LogP contribution in [0.25, 0.3) is 90.3 Å². The van der Waals surface area contributed by atoms with Gasteiger partial charge in [-0.25, -0.2) is 29.9 Å². The topological polar surface area (TPSA) is 101 Å². The summed E-state index contributed by atoms with van der Waals surface area (Å²) in [6, 6.07) is 63.1. The minimum atomic E-state index is 0.0145. The summed E-state index contributed by atoms with van der Waals surface area (Å²) in [6.45, 7) is 0. The first-order valence-corrected chi connectivity index (χ1v) is 20.5. The first kappa shape index (κ1) is 37.8. The van der Waals surface area contributed by atoms with Gasteiger partial charge < -0.3 is 0 Å². The van der Waals surface area contributed by atoms with Gasteiger partial charge in [-0.1, -0.05) is 194 Å². The Bertz CT molecular complexity index is 3110. The lowest BCUT2D eigenvalue weighted by molar-refractivity contribution is 0.764. The normalized spacial score (nSPS) is 13.1.